The van der Waals surface area contributed by atoms with Crippen molar-refractivity contribution in [3.8, 4) is 0 Å². The van der Waals surface area contributed by atoms with Crippen molar-refractivity contribution in [2.24, 2.45) is 5.92 Å². The summed E-state index contributed by atoms with van der Waals surface area (Å²) in [6.07, 6.45) is 1.73. The van der Waals surface area contributed by atoms with Gasteiger partial charge in [0, 0.05) is 24.3 Å². The van der Waals surface area contributed by atoms with Crippen LogP contribution in [0.5, 0.6) is 0 Å². The molecule has 0 unspecified atom stereocenters. The quantitative estimate of drug-likeness (QED) is 0.374. The van der Waals surface area contributed by atoms with Gasteiger partial charge in [-0.3, -0.25) is 14.4 Å². The number of amides is 2. The van der Waals surface area contributed by atoms with Crippen LogP contribution in [0.1, 0.15) is 52.4 Å². The van der Waals surface area contributed by atoms with Crippen molar-refractivity contribution < 1.29 is 19.1 Å². The number of rotatable bonds is 8. The normalized spacial score (nSPS) is 15.1. The average Bonchev–Trinajstić information content (AvgIpc) is 2.93. The number of hydrogen-bond donors (Lipinski definition) is 0. The third-order valence-electron chi connectivity index (χ3n) is 7.05. The molecule has 0 bridgehead atoms. The molecule has 0 aromatic heterocycles. The topological polar surface area (TPSA) is 66.9 Å². The zero-order valence-corrected chi connectivity index (χ0v) is 22.5. The van der Waals surface area contributed by atoms with Gasteiger partial charge in [-0.2, -0.15) is 0 Å². The van der Waals surface area contributed by atoms with E-state index in [1.165, 1.54) is 0 Å². The first kappa shape index (κ1) is 27.1. The molecule has 1 saturated heterocycles. The highest BCUT2D eigenvalue weighted by Crippen LogP contribution is 2.25. The maximum Gasteiger partial charge on any atom is 0.310 e. The third kappa shape index (κ3) is 6.68. The summed E-state index contributed by atoms with van der Waals surface area (Å²) in [5.41, 5.74) is 5.33. The number of benzene rings is 3. The second-order valence-corrected chi connectivity index (χ2v) is 9.97. The lowest BCUT2D eigenvalue weighted by Gasteiger charge is -2.31. The lowest BCUT2D eigenvalue weighted by Crippen LogP contribution is -2.43. The minimum atomic E-state index is -0.268. The van der Waals surface area contributed by atoms with Crippen molar-refractivity contribution in [1.29, 1.82) is 0 Å². The molecule has 3 aromatic rings. The van der Waals surface area contributed by atoms with Crippen LogP contribution in [0.25, 0.3) is 0 Å². The standard InChI is InChI=1S/C32H36N2O4/c1-4-38-32(37)27-11-8-18-33(22-27)30(35)20-26-10-7-12-28(19-26)34(21-25-16-14-23(2)15-17-25)31(36)29-13-6-5-9-24(29)3/h5-7,9-10,12-17,19,27H,4,8,11,18,20-22H2,1-3H3/t27-/m0/s1. The van der Waals surface area contributed by atoms with Crippen molar-refractivity contribution in [3.63, 3.8) is 0 Å². The number of carbonyl (C=O) groups is 3. The van der Waals surface area contributed by atoms with Crippen LogP contribution in [0, 0.1) is 19.8 Å². The first-order valence-corrected chi connectivity index (χ1v) is 13.3. The highest BCUT2D eigenvalue weighted by Gasteiger charge is 2.29. The van der Waals surface area contributed by atoms with Crippen LogP contribution < -0.4 is 4.90 Å². The Morgan fingerprint density at radius 2 is 1.71 bits per heavy atom. The van der Waals surface area contributed by atoms with Gasteiger partial charge in [0.05, 0.1) is 25.5 Å². The molecule has 0 radical (unpaired) electrons. The molecule has 0 saturated carbocycles. The van der Waals surface area contributed by atoms with Crippen molar-refractivity contribution in [2.75, 3.05) is 24.6 Å². The molecule has 1 atom stereocenters. The number of piperidine rings is 1. The Labute approximate surface area is 225 Å². The number of carbonyl (C=O) groups excluding carboxylic acids is 3. The Morgan fingerprint density at radius 3 is 2.45 bits per heavy atom. The molecule has 4 rings (SSSR count). The lowest BCUT2D eigenvalue weighted by atomic mass is 9.97. The summed E-state index contributed by atoms with van der Waals surface area (Å²) in [6, 6.07) is 23.4. The van der Waals surface area contributed by atoms with Gasteiger partial charge < -0.3 is 14.5 Å². The highest BCUT2D eigenvalue weighted by atomic mass is 16.5. The van der Waals surface area contributed by atoms with Gasteiger partial charge in [0.15, 0.2) is 0 Å². The Morgan fingerprint density at radius 1 is 0.947 bits per heavy atom. The van der Waals surface area contributed by atoms with E-state index in [4.69, 9.17) is 4.74 Å². The zero-order valence-electron chi connectivity index (χ0n) is 22.5. The summed E-state index contributed by atoms with van der Waals surface area (Å²) in [7, 11) is 0. The minimum absolute atomic E-state index is 0.0218. The predicted octanol–water partition coefficient (Wildman–Crippen LogP) is 5.49. The van der Waals surface area contributed by atoms with E-state index in [1.54, 1.807) is 16.7 Å². The number of ether oxygens (including phenoxy) is 1. The molecule has 3 aromatic carbocycles. The molecular weight excluding hydrogens is 476 g/mol. The number of nitrogens with zero attached hydrogens (tertiary/aromatic N) is 2. The molecular formula is C32H36N2O4. The van der Waals surface area contributed by atoms with Crippen molar-refractivity contribution in [1.82, 2.24) is 4.90 Å². The summed E-state index contributed by atoms with van der Waals surface area (Å²) in [5, 5.41) is 0. The Hall–Kier alpha value is -3.93. The maximum absolute atomic E-state index is 13.8. The van der Waals surface area contributed by atoms with E-state index >= 15 is 0 Å². The molecule has 6 heteroatoms. The Kier molecular flexibility index (Phi) is 8.95. The second-order valence-electron chi connectivity index (χ2n) is 9.97. The predicted molar refractivity (Wildman–Crippen MR) is 149 cm³/mol. The third-order valence-corrected chi connectivity index (χ3v) is 7.05. The van der Waals surface area contributed by atoms with Gasteiger partial charge in [0.2, 0.25) is 5.91 Å². The second kappa shape index (κ2) is 12.5. The van der Waals surface area contributed by atoms with Crippen LogP contribution in [-0.4, -0.2) is 42.4 Å². The first-order valence-electron chi connectivity index (χ1n) is 13.3. The van der Waals surface area contributed by atoms with Gasteiger partial charge in [-0.05, 0) is 68.5 Å². The van der Waals surface area contributed by atoms with E-state index in [1.807, 2.05) is 86.6 Å². The van der Waals surface area contributed by atoms with Gasteiger partial charge in [-0.15, -0.1) is 0 Å². The number of aryl methyl sites for hydroxylation is 2. The summed E-state index contributed by atoms with van der Waals surface area (Å²) in [5.74, 6) is -0.601. The smallest absolute Gasteiger partial charge is 0.310 e. The summed E-state index contributed by atoms with van der Waals surface area (Å²) >= 11 is 0. The van der Waals surface area contributed by atoms with E-state index in [0.717, 1.165) is 40.8 Å². The summed E-state index contributed by atoms with van der Waals surface area (Å²) in [6.45, 7) is 7.56. The van der Waals surface area contributed by atoms with Gasteiger partial charge in [-0.25, -0.2) is 0 Å². The van der Waals surface area contributed by atoms with E-state index < -0.39 is 0 Å². The minimum Gasteiger partial charge on any atom is -0.466 e. The Balaban J connectivity index is 1.56. The summed E-state index contributed by atoms with van der Waals surface area (Å²) < 4.78 is 5.18. The maximum atomic E-state index is 13.8. The van der Waals surface area contributed by atoms with Crippen LogP contribution in [0.3, 0.4) is 0 Å². The Bertz CT molecular complexity index is 1280. The molecule has 198 valence electrons. The number of likely N-dealkylation sites (tertiary alicyclic amines) is 1. The molecule has 6 nitrogen and oxygen atoms in total. The average molecular weight is 513 g/mol. The molecule has 1 fully saturated rings. The molecule has 38 heavy (non-hydrogen) atoms. The highest BCUT2D eigenvalue weighted by molar-refractivity contribution is 6.07. The number of anilines is 1. The fourth-order valence-electron chi connectivity index (χ4n) is 4.89. The molecule has 1 aliphatic heterocycles. The SMILES string of the molecule is CCOC(=O)[C@H]1CCCN(C(=O)Cc2cccc(N(Cc3ccc(C)cc3)C(=O)c3ccccc3C)c2)C1. The molecule has 0 aliphatic carbocycles. The van der Waals surface area contributed by atoms with Gasteiger partial charge in [0.25, 0.3) is 5.91 Å². The van der Waals surface area contributed by atoms with E-state index in [-0.39, 0.29) is 30.1 Å². The molecule has 0 N–H and O–H groups in total. The lowest BCUT2D eigenvalue weighted by molar-refractivity contribution is -0.151. The van der Waals surface area contributed by atoms with Gasteiger partial charge in [-0.1, -0.05) is 60.2 Å². The molecule has 1 aliphatic rings. The van der Waals surface area contributed by atoms with Crippen LogP contribution >= 0.6 is 0 Å². The van der Waals surface area contributed by atoms with Crippen molar-refractivity contribution in [3.05, 3.63) is 101 Å². The summed E-state index contributed by atoms with van der Waals surface area (Å²) in [4.78, 5) is 42.7. The van der Waals surface area contributed by atoms with E-state index in [2.05, 4.69) is 0 Å². The number of hydrogen-bond acceptors (Lipinski definition) is 4. The van der Waals surface area contributed by atoms with Crippen LogP contribution in [0.2, 0.25) is 0 Å². The van der Waals surface area contributed by atoms with E-state index in [0.29, 0.717) is 31.8 Å². The van der Waals surface area contributed by atoms with Crippen molar-refractivity contribution >= 4 is 23.5 Å². The van der Waals surface area contributed by atoms with Crippen LogP contribution in [0.15, 0.2) is 72.8 Å². The number of esters is 1. The largest absolute Gasteiger partial charge is 0.466 e. The van der Waals surface area contributed by atoms with E-state index in [9.17, 15) is 14.4 Å². The molecule has 1 heterocycles. The van der Waals surface area contributed by atoms with Crippen molar-refractivity contribution in [2.45, 2.75) is 46.6 Å². The van der Waals surface area contributed by atoms with Gasteiger partial charge >= 0.3 is 5.97 Å². The zero-order chi connectivity index (χ0) is 27.1. The molecule has 0 spiro atoms. The first-order chi connectivity index (χ1) is 18.4. The fraction of sp³-hybridized carbons (Fsp3) is 0.344. The molecule has 2 amide bonds. The van der Waals surface area contributed by atoms with Crippen LogP contribution in [0.4, 0.5) is 5.69 Å². The van der Waals surface area contributed by atoms with Gasteiger partial charge in [0.1, 0.15) is 0 Å². The van der Waals surface area contributed by atoms with Crippen LogP contribution in [-0.2, 0) is 27.3 Å². The monoisotopic (exact) mass is 512 g/mol. The fourth-order valence-corrected chi connectivity index (χ4v) is 4.89.